The van der Waals surface area contributed by atoms with Crippen LogP contribution in [0, 0.1) is 0 Å². The van der Waals surface area contributed by atoms with Gasteiger partial charge in [-0.3, -0.25) is 0 Å². The number of rotatable bonds is 4. The Kier molecular flexibility index (Phi) is 5.68. The Morgan fingerprint density at radius 1 is 1.45 bits per heavy atom. The molecule has 0 radical (unpaired) electrons. The van der Waals surface area contributed by atoms with Gasteiger partial charge in [-0.05, 0) is 32.4 Å². The van der Waals surface area contributed by atoms with Crippen molar-refractivity contribution in [3.8, 4) is 0 Å². The van der Waals surface area contributed by atoms with Crippen LogP contribution in [0.1, 0.15) is 32.4 Å². The topological polar surface area (TPSA) is 52.6 Å². The number of carbonyl (C=O) groups excluding carboxylic acids is 1. The van der Waals surface area contributed by atoms with Gasteiger partial charge in [-0.25, -0.2) is 4.79 Å². The minimum atomic E-state index is -0.941. The standard InChI is InChI=1S/C14H20Cl2N2O2/c1-9(10-6-5-7-11(15)12(10)16)17-13(19)18(4)8-14(2,3)20/h5-7,9,20H,8H2,1-4H3,(H,17,19). The maximum absolute atomic E-state index is 12.0. The summed E-state index contributed by atoms with van der Waals surface area (Å²) in [5, 5.41) is 13.4. The van der Waals surface area contributed by atoms with Gasteiger partial charge < -0.3 is 15.3 Å². The molecule has 1 aromatic carbocycles. The Hall–Kier alpha value is -0.970. The molecule has 1 atom stereocenters. The number of urea groups is 1. The first-order valence-electron chi connectivity index (χ1n) is 6.30. The van der Waals surface area contributed by atoms with E-state index in [1.54, 1.807) is 33.0 Å². The molecular weight excluding hydrogens is 299 g/mol. The van der Waals surface area contributed by atoms with Gasteiger partial charge in [0.05, 0.1) is 28.2 Å². The second-order valence-electron chi connectivity index (χ2n) is 5.48. The fourth-order valence-corrected chi connectivity index (χ4v) is 2.35. The van der Waals surface area contributed by atoms with Crippen molar-refractivity contribution in [2.24, 2.45) is 0 Å². The van der Waals surface area contributed by atoms with E-state index in [1.807, 2.05) is 13.0 Å². The van der Waals surface area contributed by atoms with Gasteiger partial charge in [-0.1, -0.05) is 35.3 Å². The smallest absolute Gasteiger partial charge is 0.317 e. The van der Waals surface area contributed by atoms with Crippen LogP contribution in [-0.4, -0.2) is 35.2 Å². The molecule has 1 rings (SSSR count). The fourth-order valence-electron chi connectivity index (χ4n) is 1.88. The third-order valence-corrected chi connectivity index (χ3v) is 3.59. The summed E-state index contributed by atoms with van der Waals surface area (Å²) in [6, 6.07) is 4.73. The summed E-state index contributed by atoms with van der Waals surface area (Å²) in [5.74, 6) is 0. The van der Waals surface area contributed by atoms with Crippen molar-refractivity contribution in [2.75, 3.05) is 13.6 Å². The van der Waals surface area contributed by atoms with Gasteiger partial charge in [0.2, 0.25) is 0 Å². The van der Waals surface area contributed by atoms with Crippen molar-refractivity contribution in [1.29, 1.82) is 0 Å². The van der Waals surface area contributed by atoms with Crippen LogP contribution in [0.15, 0.2) is 18.2 Å². The zero-order valence-electron chi connectivity index (χ0n) is 12.1. The van der Waals surface area contributed by atoms with E-state index in [1.165, 1.54) is 4.90 Å². The van der Waals surface area contributed by atoms with Gasteiger partial charge in [-0.15, -0.1) is 0 Å². The average Bonchev–Trinajstić information content (AvgIpc) is 2.30. The number of hydrogen-bond donors (Lipinski definition) is 2. The summed E-state index contributed by atoms with van der Waals surface area (Å²) in [6.07, 6.45) is 0. The second kappa shape index (κ2) is 6.66. The fraction of sp³-hybridized carbons (Fsp3) is 0.500. The van der Waals surface area contributed by atoms with Gasteiger partial charge in [0.1, 0.15) is 0 Å². The van der Waals surface area contributed by atoms with Gasteiger partial charge in [0.25, 0.3) is 0 Å². The average molecular weight is 319 g/mol. The summed E-state index contributed by atoms with van der Waals surface area (Å²) in [6.45, 7) is 5.35. The molecule has 0 bridgehead atoms. The Balaban J connectivity index is 2.73. The molecule has 0 saturated carbocycles. The van der Waals surface area contributed by atoms with Crippen molar-refractivity contribution in [1.82, 2.24) is 10.2 Å². The summed E-state index contributed by atoms with van der Waals surface area (Å²) in [4.78, 5) is 13.5. The van der Waals surface area contributed by atoms with E-state index in [9.17, 15) is 9.90 Å². The van der Waals surface area contributed by atoms with Gasteiger partial charge >= 0.3 is 6.03 Å². The lowest BCUT2D eigenvalue weighted by molar-refractivity contribution is 0.0528. The van der Waals surface area contributed by atoms with Crippen LogP contribution in [0.25, 0.3) is 0 Å². The maximum Gasteiger partial charge on any atom is 0.317 e. The van der Waals surface area contributed by atoms with Crippen molar-refractivity contribution in [3.05, 3.63) is 33.8 Å². The number of likely N-dealkylation sites (N-methyl/N-ethyl adjacent to an activating group) is 1. The number of nitrogens with zero attached hydrogens (tertiary/aromatic N) is 1. The van der Waals surface area contributed by atoms with E-state index in [4.69, 9.17) is 23.2 Å². The molecule has 2 N–H and O–H groups in total. The third-order valence-electron chi connectivity index (χ3n) is 2.76. The lowest BCUT2D eigenvalue weighted by Crippen LogP contribution is -2.45. The maximum atomic E-state index is 12.0. The Bertz CT molecular complexity index is 487. The molecule has 0 aromatic heterocycles. The molecule has 4 nitrogen and oxygen atoms in total. The van der Waals surface area contributed by atoms with Crippen molar-refractivity contribution < 1.29 is 9.90 Å². The van der Waals surface area contributed by atoms with E-state index >= 15 is 0 Å². The van der Waals surface area contributed by atoms with E-state index < -0.39 is 5.60 Å². The zero-order chi connectivity index (χ0) is 15.5. The number of nitrogens with one attached hydrogen (secondary N) is 1. The molecule has 20 heavy (non-hydrogen) atoms. The molecular formula is C14H20Cl2N2O2. The molecule has 1 aromatic rings. The van der Waals surface area contributed by atoms with Crippen LogP contribution in [0.2, 0.25) is 10.0 Å². The molecule has 0 aliphatic heterocycles. The molecule has 0 heterocycles. The normalized spacial score (nSPS) is 12.9. The van der Waals surface area contributed by atoms with Gasteiger partial charge in [-0.2, -0.15) is 0 Å². The van der Waals surface area contributed by atoms with E-state index in [-0.39, 0.29) is 18.6 Å². The lowest BCUT2D eigenvalue weighted by Gasteiger charge is -2.27. The molecule has 0 fully saturated rings. The lowest BCUT2D eigenvalue weighted by atomic mass is 10.1. The first-order valence-corrected chi connectivity index (χ1v) is 7.05. The first-order chi connectivity index (χ1) is 9.11. The first kappa shape index (κ1) is 17.1. The summed E-state index contributed by atoms with van der Waals surface area (Å²) in [5.41, 5.74) is -0.188. The Morgan fingerprint density at radius 3 is 2.60 bits per heavy atom. The monoisotopic (exact) mass is 318 g/mol. The largest absolute Gasteiger partial charge is 0.389 e. The highest BCUT2D eigenvalue weighted by Gasteiger charge is 2.21. The van der Waals surface area contributed by atoms with Crippen molar-refractivity contribution >= 4 is 29.2 Å². The zero-order valence-corrected chi connectivity index (χ0v) is 13.6. The van der Waals surface area contributed by atoms with Crippen LogP contribution in [0.5, 0.6) is 0 Å². The summed E-state index contributed by atoms with van der Waals surface area (Å²) in [7, 11) is 1.62. The van der Waals surface area contributed by atoms with Crippen molar-refractivity contribution in [2.45, 2.75) is 32.4 Å². The van der Waals surface area contributed by atoms with Crippen LogP contribution in [0.4, 0.5) is 4.79 Å². The SMILES string of the molecule is CC(NC(=O)N(C)CC(C)(C)O)c1cccc(Cl)c1Cl. The molecule has 6 heteroatoms. The predicted molar refractivity (Wildman–Crippen MR) is 82.3 cm³/mol. The second-order valence-corrected chi connectivity index (χ2v) is 6.27. The van der Waals surface area contributed by atoms with E-state index in [0.717, 1.165) is 5.56 Å². The minimum absolute atomic E-state index is 0.231. The quantitative estimate of drug-likeness (QED) is 0.893. The van der Waals surface area contributed by atoms with E-state index in [0.29, 0.717) is 10.0 Å². The molecule has 1 unspecified atom stereocenters. The van der Waals surface area contributed by atoms with Crippen LogP contribution >= 0.6 is 23.2 Å². The minimum Gasteiger partial charge on any atom is -0.389 e. The Labute approximate surface area is 129 Å². The molecule has 2 amide bonds. The summed E-state index contributed by atoms with van der Waals surface area (Å²) < 4.78 is 0. The van der Waals surface area contributed by atoms with Crippen molar-refractivity contribution in [3.63, 3.8) is 0 Å². The molecule has 0 aliphatic carbocycles. The highest BCUT2D eigenvalue weighted by Crippen LogP contribution is 2.29. The number of amides is 2. The number of benzene rings is 1. The number of carbonyl (C=O) groups is 1. The van der Waals surface area contributed by atoms with Gasteiger partial charge in [0, 0.05) is 7.05 Å². The highest BCUT2D eigenvalue weighted by molar-refractivity contribution is 6.42. The number of aliphatic hydroxyl groups is 1. The summed E-state index contributed by atoms with van der Waals surface area (Å²) >= 11 is 12.1. The molecule has 0 spiro atoms. The van der Waals surface area contributed by atoms with Crippen LogP contribution in [-0.2, 0) is 0 Å². The molecule has 0 saturated heterocycles. The van der Waals surface area contributed by atoms with Crippen LogP contribution in [0.3, 0.4) is 0 Å². The van der Waals surface area contributed by atoms with Gasteiger partial charge in [0.15, 0.2) is 0 Å². The molecule has 0 aliphatic rings. The highest BCUT2D eigenvalue weighted by atomic mass is 35.5. The third kappa shape index (κ3) is 4.85. The number of hydrogen-bond acceptors (Lipinski definition) is 2. The predicted octanol–water partition coefficient (Wildman–Crippen LogP) is 3.47. The Morgan fingerprint density at radius 2 is 2.05 bits per heavy atom. The molecule has 112 valence electrons. The van der Waals surface area contributed by atoms with Crippen LogP contribution < -0.4 is 5.32 Å². The van der Waals surface area contributed by atoms with E-state index in [2.05, 4.69) is 5.32 Å². The number of halogens is 2.